The second-order valence-corrected chi connectivity index (χ2v) is 6.05. The van der Waals surface area contributed by atoms with Crippen molar-refractivity contribution < 1.29 is 9.53 Å². The lowest BCUT2D eigenvalue weighted by Crippen LogP contribution is -2.04. The molecule has 0 amide bonds. The van der Waals surface area contributed by atoms with Crippen molar-refractivity contribution in [2.24, 2.45) is 0 Å². The number of aldehydes is 1. The van der Waals surface area contributed by atoms with Gasteiger partial charge in [0, 0.05) is 5.56 Å². The van der Waals surface area contributed by atoms with E-state index in [1.165, 1.54) is 37.7 Å². The Labute approximate surface area is 132 Å². The van der Waals surface area contributed by atoms with Crippen molar-refractivity contribution in [1.82, 2.24) is 0 Å². The summed E-state index contributed by atoms with van der Waals surface area (Å²) in [6.07, 6.45) is 7.61. The first-order valence-corrected chi connectivity index (χ1v) is 8.12. The summed E-state index contributed by atoms with van der Waals surface area (Å²) in [7, 11) is 0. The zero-order valence-electron chi connectivity index (χ0n) is 12.8. The van der Waals surface area contributed by atoms with E-state index in [0.717, 1.165) is 23.5 Å². The number of hydrogen-bond acceptors (Lipinski definition) is 2. The minimum absolute atomic E-state index is 0.530. The highest BCUT2D eigenvalue weighted by Crippen LogP contribution is 2.33. The van der Waals surface area contributed by atoms with Crippen molar-refractivity contribution in [1.29, 1.82) is 0 Å². The molecule has 114 valence electrons. The maximum atomic E-state index is 10.6. The third-order valence-electron chi connectivity index (χ3n) is 4.48. The molecule has 0 radical (unpaired) electrons. The molecule has 2 aromatic rings. The molecule has 0 N–H and O–H groups in total. The first-order chi connectivity index (χ1) is 10.8. The van der Waals surface area contributed by atoms with Crippen LogP contribution in [0.2, 0.25) is 0 Å². The minimum Gasteiger partial charge on any atom is -0.489 e. The summed E-state index contributed by atoms with van der Waals surface area (Å²) in [5, 5.41) is 0. The molecule has 3 rings (SSSR count). The Bertz CT molecular complexity index is 593. The lowest BCUT2D eigenvalue weighted by molar-refractivity contribution is 0.112. The van der Waals surface area contributed by atoms with Crippen LogP contribution in [0.3, 0.4) is 0 Å². The summed E-state index contributed by atoms with van der Waals surface area (Å²) < 4.78 is 5.82. The van der Waals surface area contributed by atoms with Crippen molar-refractivity contribution >= 4 is 6.29 Å². The average molecular weight is 294 g/mol. The molecule has 1 aliphatic carbocycles. The molecule has 0 heterocycles. The highest BCUT2D eigenvalue weighted by molar-refractivity contribution is 5.74. The zero-order valence-corrected chi connectivity index (χ0v) is 12.8. The zero-order chi connectivity index (χ0) is 15.2. The summed E-state index contributed by atoms with van der Waals surface area (Å²) in [5.41, 5.74) is 3.21. The van der Waals surface area contributed by atoms with E-state index in [4.69, 9.17) is 4.74 Å². The largest absolute Gasteiger partial charge is 0.489 e. The summed E-state index contributed by atoms with van der Waals surface area (Å²) in [6.45, 7) is 0.530. The van der Waals surface area contributed by atoms with E-state index in [9.17, 15) is 4.79 Å². The Balaban J connectivity index is 1.57. The highest BCUT2D eigenvalue weighted by atomic mass is 16.5. The molecule has 0 atom stereocenters. The Kier molecular flexibility index (Phi) is 4.89. The molecule has 0 unspecified atom stereocenters. The fourth-order valence-electron chi connectivity index (χ4n) is 3.13. The van der Waals surface area contributed by atoms with Gasteiger partial charge in [-0.3, -0.25) is 4.79 Å². The summed E-state index contributed by atoms with van der Waals surface area (Å²) in [4.78, 5) is 10.6. The van der Waals surface area contributed by atoms with Crippen molar-refractivity contribution in [3.8, 4) is 5.75 Å². The molecule has 1 fully saturated rings. The second kappa shape index (κ2) is 7.26. The van der Waals surface area contributed by atoms with E-state index in [1.54, 1.807) is 0 Å². The van der Waals surface area contributed by atoms with E-state index in [2.05, 4.69) is 24.3 Å². The van der Waals surface area contributed by atoms with Crippen molar-refractivity contribution in [2.45, 2.75) is 44.6 Å². The molecule has 22 heavy (non-hydrogen) atoms. The molecule has 0 spiro atoms. The van der Waals surface area contributed by atoms with Gasteiger partial charge in [0.05, 0.1) is 0 Å². The summed E-state index contributed by atoms with van der Waals surface area (Å²) >= 11 is 0. The third kappa shape index (κ3) is 3.76. The molecule has 0 aromatic heterocycles. The molecule has 0 aliphatic heterocycles. The van der Waals surface area contributed by atoms with Gasteiger partial charge in [-0.15, -0.1) is 0 Å². The number of rotatable bonds is 5. The third-order valence-corrected chi connectivity index (χ3v) is 4.48. The number of hydrogen-bond donors (Lipinski definition) is 0. The topological polar surface area (TPSA) is 26.3 Å². The van der Waals surface area contributed by atoms with Crippen LogP contribution in [0.5, 0.6) is 5.75 Å². The van der Waals surface area contributed by atoms with Crippen LogP contribution >= 0.6 is 0 Å². The second-order valence-electron chi connectivity index (χ2n) is 6.05. The van der Waals surface area contributed by atoms with Gasteiger partial charge in [0.15, 0.2) is 0 Å². The minimum atomic E-state index is 0.530. The molecule has 2 nitrogen and oxygen atoms in total. The van der Waals surface area contributed by atoms with Crippen LogP contribution in [0.15, 0.2) is 48.5 Å². The maximum absolute atomic E-state index is 10.6. The monoisotopic (exact) mass is 294 g/mol. The number of carbonyl (C=O) groups is 1. The van der Waals surface area contributed by atoms with E-state index >= 15 is 0 Å². The lowest BCUT2D eigenvalue weighted by atomic mass is 9.84. The Morgan fingerprint density at radius 2 is 1.59 bits per heavy atom. The van der Waals surface area contributed by atoms with Crippen molar-refractivity contribution in [3.05, 3.63) is 65.2 Å². The highest BCUT2D eigenvalue weighted by Gasteiger charge is 2.15. The molecule has 0 saturated heterocycles. The molecular formula is C20H22O2. The van der Waals surface area contributed by atoms with Crippen LogP contribution in [0.1, 0.15) is 59.5 Å². The Morgan fingerprint density at radius 3 is 2.23 bits per heavy atom. The molecule has 1 saturated carbocycles. The van der Waals surface area contributed by atoms with Gasteiger partial charge < -0.3 is 4.74 Å². The molecule has 1 aliphatic rings. The molecule has 2 aromatic carbocycles. The Morgan fingerprint density at radius 1 is 0.909 bits per heavy atom. The van der Waals surface area contributed by atoms with Crippen LogP contribution in [-0.2, 0) is 6.61 Å². The number of ether oxygens (including phenoxy) is 1. The van der Waals surface area contributed by atoms with Gasteiger partial charge in [-0.05, 0) is 42.0 Å². The molecule has 0 bridgehead atoms. The average Bonchev–Trinajstić information content (AvgIpc) is 2.61. The quantitative estimate of drug-likeness (QED) is 0.715. The Hall–Kier alpha value is -2.09. The van der Waals surface area contributed by atoms with Crippen LogP contribution in [0, 0.1) is 0 Å². The fraction of sp³-hybridized carbons (Fsp3) is 0.350. The van der Waals surface area contributed by atoms with Gasteiger partial charge in [0.2, 0.25) is 0 Å². The first-order valence-electron chi connectivity index (χ1n) is 8.12. The van der Waals surface area contributed by atoms with E-state index in [1.807, 2.05) is 24.3 Å². The molecular weight excluding hydrogens is 272 g/mol. The van der Waals surface area contributed by atoms with E-state index in [-0.39, 0.29) is 0 Å². The summed E-state index contributed by atoms with van der Waals surface area (Å²) in [6, 6.07) is 16.1. The summed E-state index contributed by atoms with van der Waals surface area (Å²) in [5.74, 6) is 1.64. The van der Waals surface area contributed by atoms with Crippen molar-refractivity contribution in [3.63, 3.8) is 0 Å². The van der Waals surface area contributed by atoms with Crippen LogP contribution in [-0.4, -0.2) is 6.29 Å². The molecule has 2 heteroatoms. The SMILES string of the molecule is O=Cc1ccc(COc2ccc(C3CCCCC3)cc2)cc1. The smallest absolute Gasteiger partial charge is 0.150 e. The van der Waals surface area contributed by atoms with Crippen molar-refractivity contribution in [2.75, 3.05) is 0 Å². The maximum Gasteiger partial charge on any atom is 0.150 e. The first kappa shape index (κ1) is 14.8. The van der Waals surface area contributed by atoms with Crippen LogP contribution in [0.4, 0.5) is 0 Å². The fourth-order valence-corrected chi connectivity index (χ4v) is 3.13. The predicted molar refractivity (Wildman–Crippen MR) is 88.4 cm³/mol. The normalized spacial score (nSPS) is 15.5. The van der Waals surface area contributed by atoms with Crippen LogP contribution < -0.4 is 4.74 Å². The van der Waals surface area contributed by atoms with Gasteiger partial charge >= 0.3 is 0 Å². The van der Waals surface area contributed by atoms with Gasteiger partial charge in [0.1, 0.15) is 18.6 Å². The number of carbonyl (C=O) groups excluding carboxylic acids is 1. The number of benzene rings is 2. The lowest BCUT2D eigenvalue weighted by Gasteiger charge is -2.22. The van der Waals surface area contributed by atoms with Gasteiger partial charge in [-0.25, -0.2) is 0 Å². The predicted octanol–water partition coefficient (Wildman–Crippen LogP) is 5.13. The van der Waals surface area contributed by atoms with Gasteiger partial charge in [-0.2, -0.15) is 0 Å². The van der Waals surface area contributed by atoms with E-state index in [0.29, 0.717) is 12.2 Å². The van der Waals surface area contributed by atoms with Gasteiger partial charge in [-0.1, -0.05) is 55.7 Å². The van der Waals surface area contributed by atoms with Gasteiger partial charge in [0.25, 0.3) is 0 Å². The van der Waals surface area contributed by atoms with Crippen LogP contribution in [0.25, 0.3) is 0 Å². The van der Waals surface area contributed by atoms with E-state index < -0.39 is 0 Å². The standard InChI is InChI=1S/C20H22O2/c21-14-16-6-8-17(9-7-16)15-22-20-12-10-19(11-13-20)18-4-2-1-3-5-18/h6-14,18H,1-5,15H2.